The zero-order valence-electron chi connectivity index (χ0n) is 15.3. The van der Waals surface area contributed by atoms with Crippen LogP contribution in [0, 0.1) is 0 Å². The van der Waals surface area contributed by atoms with E-state index in [4.69, 9.17) is 21.7 Å². The van der Waals surface area contributed by atoms with Gasteiger partial charge in [-0.15, -0.1) is 11.8 Å². The summed E-state index contributed by atoms with van der Waals surface area (Å²) in [5.74, 6) is 1.50. The number of hydrogen-bond donors (Lipinski definition) is 1. The van der Waals surface area contributed by atoms with Crippen LogP contribution in [0.25, 0.3) is 0 Å². The number of thioether (sulfide) groups is 1. The fraction of sp³-hybridized carbons (Fsp3) is 0.350. The average Bonchev–Trinajstić information content (AvgIpc) is 3.17. The minimum Gasteiger partial charge on any atom is -0.493 e. The smallest absolute Gasteiger partial charge is 0.173 e. The Hall–Kier alpha value is -1.92. The van der Waals surface area contributed by atoms with Gasteiger partial charge in [0, 0.05) is 17.1 Å². The van der Waals surface area contributed by atoms with Gasteiger partial charge >= 0.3 is 0 Å². The van der Waals surface area contributed by atoms with Crippen molar-refractivity contribution in [3.63, 3.8) is 0 Å². The fourth-order valence-corrected chi connectivity index (χ4v) is 4.11. The molecule has 1 aliphatic heterocycles. The summed E-state index contributed by atoms with van der Waals surface area (Å²) in [6, 6.07) is 14.7. The van der Waals surface area contributed by atoms with E-state index in [9.17, 15) is 0 Å². The number of thiocarbonyl (C=S) groups is 1. The average molecular weight is 389 g/mol. The number of benzene rings is 2. The van der Waals surface area contributed by atoms with Crippen molar-refractivity contribution in [1.82, 2.24) is 4.90 Å². The van der Waals surface area contributed by atoms with Gasteiger partial charge < -0.3 is 19.7 Å². The molecule has 1 aliphatic rings. The molecule has 26 heavy (non-hydrogen) atoms. The van der Waals surface area contributed by atoms with Crippen LogP contribution in [0.15, 0.2) is 47.4 Å². The third kappa shape index (κ3) is 4.07. The van der Waals surface area contributed by atoms with E-state index in [1.54, 1.807) is 26.0 Å². The highest BCUT2D eigenvalue weighted by Gasteiger charge is 2.28. The second kappa shape index (κ2) is 8.64. The van der Waals surface area contributed by atoms with Crippen molar-refractivity contribution in [3.05, 3.63) is 48.0 Å². The van der Waals surface area contributed by atoms with Crippen molar-refractivity contribution in [2.45, 2.75) is 23.8 Å². The molecule has 3 rings (SSSR count). The van der Waals surface area contributed by atoms with Crippen LogP contribution in [-0.4, -0.2) is 37.0 Å². The summed E-state index contributed by atoms with van der Waals surface area (Å²) in [5.41, 5.74) is 2.22. The Bertz CT molecular complexity index is 782. The summed E-state index contributed by atoms with van der Waals surface area (Å²) in [6.45, 7) is 0.951. The Labute approximate surface area is 164 Å². The van der Waals surface area contributed by atoms with E-state index in [1.807, 2.05) is 18.2 Å². The molecule has 138 valence electrons. The quantitative estimate of drug-likeness (QED) is 0.576. The Balaban J connectivity index is 1.78. The van der Waals surface area contributed by atoms with Gasteiger partial charge in [-0.05, 0) is 67.2 Å². The highest BCUT2D eigenvalue weighted by Crippen LogP contribution is 2.37. The normalized spacial score (nSPS) is 16.4. The first-order valence-corrected chi connectivity index (χ1v) is 10.2. The molecule has 0 saturated carbocycles. The lowest BCUT2D eigenvalue weighted by atomic mass is 10.0. The largest absolute Gasteiger partial charge is 0.493 e. The van der Waals surface area contributed by atoms with Gasteiger partial charge in [0.15, 0.2) is 16.6 Å². The highest BCUT2D eigenvalue weighted by molar-refractivity contribution is 7.98. The van der Waals surface area contributed by atoms with Crippen LogP contribution >= 0.6 is 24.0 Å². The molecule has 0 aromatic heterocycles. The highest BCUT2D eigenvalue weighted by atomic mass is 32.2. The maximum Gasteiger partial charge on any atom is 0.173 e. The predicted octanol–water partition coefficient (Wildman–Crippen LogP) is 4.96. The molecule has 2 aromatic carbocycles. The zero-order valence-corrected chi connectivity index (χ0v) is 17.0. The fourth-order valence-electron chi connectivity index (χ4n) is 3.31. The molecule has 0 bridgehead atoms. The standard InChI is InChI=1S/C20H24N2O2S2/c1-23-18-10-9-14(12-19(18)24-2)17-8-5-11-22(17)20(25)21-15-6-4-7-16(13-15)26-3/h4,6-7,9-10,12-13,17H,5,8,11H2,1-3H3,(H,21,25)/t17-/m1/s1. The zero-order chi connectivity index (χ0) is 18.5. The lowest BCUT2D eigenvalue weighted by Gasteiger charge is -2.28. The summed E-state index contributed by atoms with van der Waals surface area (Å²) >= 11 is 7.44. The molecule has 1 fully saturated rings. The monoisotopic (exact) mass is 388 g/mol. The van der Waals surface area contributed by atoms with E-state index >= 15 is 0 Å². The van der Waals surface area contributed by atoms with Crippen molar-refractivity contribution in [2.75, 3.05) is 32.3 Å². The SMILES string of the molecule is COc1ccc([C@H]2CCCN2C(=S)Nc2cccc(SC)c2)cc1OC. The summed E-state index contributed by atoms with van der Waals surface area (Å²) in [7, 11) is 3.32. The van der Waals surface area contributed by atoms with E-state index in [0.29, 0.717) is 0 Å². The number of anilines is 1. The van der Waals surface area contributed by atoms with Gasteiger partial charge in [-0.3, -0.25) is 0 Å². The van der Waals surface area contributed by atoms with Crippen LogP contribution in [0.4, 0.5) is 5.69 Å². The number of hydrogen-bond acceptors (Lipinski definition) is 4. The lowest BCUT2D eigenvalue weighted by Crippen LogP contribution is -2.34. The molecule has 1 saturated heterocycles. The first kappa shape index (κ1) is 18.9. The van der Waals surface area contributed by atoms with E-state index in [1.165, 1.54) is 10.5 Å². The van der Waals surface area contributed by atoms with Gasteiger partial charge in [-0.1, -0.05) is 12.1 Å². The van der Waals surface area contributed by atoms with Crippen LogP contribution < -0.4 is 14.8 Å². The maximum atomic E-state index is 5.71. The summed E-state index contributed by atoms with van der Waals surface area (Å²) < 4.78 is 10.8. The number of methoxy groups -OCH3 is 2. The third-order valence-corrected chi connectivity index (χ3v) is 5.69. The number of nitrogens with one attached hydrogen (secondary N) is 1. The molecule has 4 nitrogen and oxygen atoms in total. The van der Waals surface area contributed by atoms with Gasteiger partial charge in [0.1, 0.15) is 0 Å². The summed E-state index contributed by atoms with van der Waals surface area (Å²) in [5, 5.41) is 4.16. The van der Waals surface area contributed by atoms with E-state index < -0.39 is 0 Å². The van der Waals surface area contributed by atoms with Crippen LogP contribution in [0.2, 0.25) is 0 Å². The molecular formula is C20H24N2O2S2. The number of rotatable bonds is 5. The Morgan fingerprint density at radius 1 is 1.15 bits per heavy atom. The second-order valence-corrected chi connectivity index (χ2v) is 7.39. The number of nitrogens with zero attached hydrogens (tertiary/aromatic N) is 1. The molecule has 0 radical (unpaired) electrons. The minimum absolute atomic E-state index is 0.249. The lowest BCUT2D eigenvalue weighted by molar-refractivity contribution is 0.351. The molecule has 0 amide bonds. The van der Waals surface area contributed by atoms with Crippen molar-refractivity contribution in [2.24, 2.45) is 0 Å². The van der Waals surface area contributed by atoms with Gasteiger partial charge in [-0.2, -0.15) is 0 Å². The minimum atomic E-state index is 0.249. The van der Waals surface area contributed by atoms with Crippen LogP contribution in [0.3, 0.4) is 0 Å². The molecule has 6 heteroatoms. The third-order valence-electron chi connectivity index (χ3n) is 4.63. The van der Waals surface area contributed by atoms with Crippen LogP contribution in [-0.2, 0) is 0 Å². The predicted molar refractivity (Wildman–Crippen MR) is 113 cm³/mol. The van der Waals surface area contributed by atoms with E-state index in [0.717, 1.165) is 41.7 Å². The van der Waals surface area contributed by atoms with Gasteiger partial charge in [-0.25, -0.2) is 0 Å². The second-order valence-electron chi connectivity index (χ2n) is 6.13. The van der Waals surface area contributed by atoms with Gasteiger partial charge in [0.05, 0.1) is 20.3 Å². The van der Waals surface area contributed by atoms with Crippen molar-refractivity contribution in [3.8, 4) is 11.5 Å². The number of ether oxygens (including phenoxy) is 2. The molecule has 1 heterocycles. The Morgan fingerprint density at radius 3 is 2.69 bits per heavy atom. The number of likely N-dealkylation sites (tertiary alicyclic amines) is 1. The van der Waals surface area contributed by atoms with Crippen LogP contribution in [0.5, 0.6) is 11.5 Å². The Kier molecular flexibility index (Phi) is 6.27. The topological polar surface area (TPSA) is 33.7 Å². The van der Waals surface area contributed by atoms with Gasteiger partial charge in [0.25, 0.3) is 0 Å². The summed E-state index contributed by atoms with van der Waals surface area (Å²) in [4.78, 5) is 3.48. The van der Waals surface area contributed by atoms with Crippen LogP contribution in [0.1, 0.15) is 24.4 Å². The molecule has 0 aliphatic carbocycles. The molecule has 0 unspecified atom stereocenters. The first-order chi connectivity index (χ1) is 12.7. The Morgan fingerprint density at radius 2 is 1.96 bits per heavy atom. The molecule has 0 spiro atoms. The van der Waals surface area contributed by atoms with Crippen molar-refractivity contribution >= 4 is 34.8 Å². The van der Waals surface area contributed by atoms with Crippen molar-refractivity contribution < 1.29 is 9.47 Å². The van der Waals surface area contributed by atoms with Crippen molar-refractivity contribution in [1.29, 1.82) is 0 Å². The van der Waals surface area contributed by atoms with E-state index in [2.05, 4.69) is 40.7 Å². The van der Waals surface area contributed by atoms with E-state index in [-0.39, 0.29) is 6.04 Å². The molecule has 2 aromatic rings. The first-order valence-electron chi connectivity index (χ1n) is 8.60. The molecule has 1 N–H and O–H groups in total. The van der Waals surface area contributed by atoms with Gasteiger partial charge in [0.2, 0.25) is 0 Å². The maximum absolute atomic E-state index is 5.71. The summed E-state index contributed by atoms with van der Waals surface area (Å²) in [6.07, 6.45) is 4.26. The molecule has 1 atom stereocenters. The molecular weight excluding hydrogens is 364 g/mol.